The van der Waals surface area contributed by atoms with Gasteiger partial charge in [-0.1, -0.05) is 46.3 Å². The quantitative estimate of drug-likeness (QED) is 0.587. The molecular formula is C12H9BrO. The van der Waals surface area contributed by atoms with E-state index in [0.717, 1.165) is 22.6 Å². The average molecular weight is 249 g/mol. The molecule has 0 saturated carbocycles. The van der Waals surface area contributed by atoms with E-state index in [2.05, 4.69) is 34.1 Å². The van der Waals surface area contributed by atoms with Crippen LogP contribution in [-0.4, -0.2) is 6.29 Å². The van der Waals surface area contributed by atoms with Crippen LogP contribution in [0.4, 0.5) is 0 Å². The molecule has 0 radical (unpaired) electrons. The van der Waals surface area contributed by atoms with E-state index >= 15 is 0 Å². The van der Waals surface area contributed by atoms with Gasteiger partial charge in [0.15, 0.2) is 0 Å². The summed E-state index contributed by atoms with van der Waals surface area (Å²) in [5.74, 6) is 0. The Morgan fingerprint density at radius 1 is 1.07 bits per heavy atom. The van der Waals surface area contributed by atoms with E-state index < -0.39 is 0 Å². The highest BCUT2D eigenvalue weighted by atomic mass is 79.9. The fourth-order valence-electron chi connectivity index (χ4n) is 1.47. The second kappa shape index (κ2) is 3.93. The number of halogens is 1. The maximum Gasteiger partial charge on any atom is 0.150 e. The molecule has 70 valence electrons. The number of hydrogen-bond acceptors (Lipinski definition) is 1. The van der Waals surface area contributed by atoms with E-state index in [1.807, 2.05) is 18.2 Å². The van der Waals surface area contributed by atoms with Crippen LogP contribution < -0.4 is 0 Å². The fourth-order valence-corrected chi connectivity index (χ4v) is 1.82. The largest absolute Gasteiger partial charge is 0.298 e. The maximum absolute atomic E-state index is 10.6. The highest BCUT2D eigenvalue weighted by Crippen LogP contribution is 2.18. The van der Waals surface area contributed by atoms with Crippen LogP contribution in [0.15, 0.2) is 36.4 Å². The molecule has 2 aromatic rings. The van der Waals surface area contributed by atoms with Gasteiger partial charge in [-0.3, -0.25) is 4.79 Å². The lowest BCUT2D eigenvalue weighted by molar-refractivity contribution is 0.112. The van der Waals surface area contributed by atoms with Crippen molar-refractivity contribution in [1.82, 2.24) is 0 Å². The third-order valence-corrected chi connectivity index (χ3v) is 2.87. The van der Waals surface area contributed by atoms with Crippen LogP contribution >= 0.6 is 15.9 Å². The predicted molar refractivity (Wildman–Crippen MR) is 62.0 cm³/mol. The van der Waals surface area contributed by atoms with Crippen LogP contribution in [-0.2, 0) is 5.33 Å². The molecule has 0 bridgehead atoms. The van der Waals surface area contributed by atoms with Gasteiger partial charge in [-0.2, -0.15) is 0 Å². The zero-order chi connectivity index (χ0) is 9.97. The zero-order valence-electron chi connectivity index (χ0n) is 7.53. The minimum absolute atomic E-state index is 0.726. The lowest BCUT2D eigenvalue weighted by Crippen LogP contribution is -1.82. The Bertz CT molecular complexity index is 477. The van der Waals surface area contributed by atoms with Crippen molar-refractivity contribution in [3.8, 4) is 0 Å². The summed E-state index contributed by atoms with van der Waals surface area (Å²) in [5.41, 5.74) is 1.95. The summed E-state index contributed by atoms with van der Waals surface area (Å²) in [6, 6.07) is 12.0. The lowest BCUT2D eigenvalue weighted by Gasteiger charge is -2.01. The normalized spacial score (nSPS) is 10.4. The summed E-state index contributed by atoms with van der Waals surface area (Å²) in [6.07, 6.45) is 0.875. The smallest absolute Gasteiger partial charge is 0.150 e. The summed E-state index contributed by atoms with van der Waals surface area (Å²) in [5, 5.41) is 3.13. The van der Waals surface area contributed by atoms with Gasteiger partial charge in [-0.05, 0) is 22.4 Å². The number of benzene rings is 2. The van der Waals surface area contributed by atoms with E-state index in [4.69, 9.17) is 0 Å². The van der Waals surface area contributed by atoms with E-state index in [-0.39, 0.29) is 0 Å². The average Bonchev–Trinajstić information content (AvgIpc) is 2.27. The highest BCUT2D eigenvalue weighted by molar-refractivity contribution is 9.08. The number of fused-ring (bicyclic) bond motifs is 1. The van der Waals surface area contributed by atoms with Crippen molar-refractivity contribution in [3.63, 3.8) is 0 Å². The van der Waals surface area contributed by atoms with Gasteiger partial charge in [0.25, 0.3) is 0 Å². The van der Waals surface area contributed by atoms with Gasteiger partial charge in [0.05, 0.1) is 0 Å². The van der Waals surface area contributed by atoms with Gasteiger partial charge >= 0.3 is 0 Å². The molecule has 0 heterocycles. The first-order valence-corrected chi connectivity index (χ1v) is 5.49. The first-order chi connectivity index (χ1) is 6.83. The summed E-state index contributed by atoms with van der Waals surface area (Å²) in [7, 11) is 0. The standard InChI is InChI=1S/C12H9BrO/c13-7-9-1-3-11-4-2-10(8-14)6-12(11)5-9/h1-6,8H,7H2. The molecule has 1 nitrogen and oxygen atoms in total. The van der Waals surface area contributed by atoms with Crippen LogP contribution in [0, 0.1) is 0 Å². The van der Waals surface area contributed by atoms with Crippen LogP contribution in [0.25, 0.3) is 10.8 Å². The van der Waals surface area contributed by atoms with Crippen molar-refractivity contribution < 1.29 is 4.79 Å². The number of carbonyl (C=O) groups is 1. The zero-order valence-corrected chi connectivity index (χ0v) is 9.12. The third kappa shape index (κ3) is 1.70. The second-order valence-electron chi connectivity index (χ2n) is 3.19. The SMILES string of the molecule is O=Cc1ccc2ccc(CBr)cc2c1. The van der Waals surface area contributed by atoms with Gasteiger partial charge in [0, 0.05) is 10.9 Å². The molecule has 0 amide bonds. The molecule has 0 spiro atoms. The topological polar surface area (TPSA) is 17.1 Å². The van der Waals surface area contributed by atoms with E-state index in [1.165, 1.54) is 10.9 Å². The Kier molecular flexibility index (Phi) is 2.64. The fraction of sp³-hybridized carbons (Fsp3) is 0.0833. The van der Waals surface area contributed by atoms with Crippen molar-refractivity contribution in [3.05, 3.63) is 47.5 Å². The molecule has 14 heavy (non-hydrogen) atoms. The van der Waals surface area contributed by atoms with Crippen LogP contribution in [0.1, 0.15) is 15.9 Å². The number of aldehydes is 1. The van der Waals surface area contributed by atoms with Crippen molar-refractivity contribution in [1.29, 1.82) is 0 Å². The summed E-state index contributed by atoms with van der Waals surface area (Å²) in [6.45, 7) is 0. The first-order valence-electron chi connectivity index (χ1n) is 4.37. The minimum Gasteiger partial charge on any atom is -0.298 e. The van der Waals surface area contributed by atoms with Gasteiger partial charge in [-0.25, -0.2) is 0 Å². The molecule has 0 aliphatic carbocycles. The van der Waals surface area contributed by atoms with Crippen LogP contribution in [0.2, 0.25) is 0 Å². The molecule has 0 aliphatic heterocycles. The van der Waals surface area contributed by atoms with Gasteiger partial charge < -0.3 is 0 Å². The summed E-state index contributed by atoms with van der Waals surface area (Å²) in [4.78, 5) is 10.6. The van der Waals surface area contributed by atoms with Crippen LogP contribution in [0.3, 0.4) is 0 Å². The molecule has 0 fully saturated rings. The van der Waals surface area contributed by atoms with Gasteiger partial charge in [0.2, 0.25) is 0 Å². The van der Waals surface area contributed by atoms with E-state index in [1.54, 1.807) is 0 Å². The van der Waals surface area contributed by atoms with Crippen molar-refractivity contribution in [2.24, 2.45) is 0 Å². The molecule has 2 heteroatoms. The first kappa shape index (κ1) is 9.41. The molecule has 2 rings (SSSR count). The van der Waals surface area contributed by atoms with Crippen molar-refractivity contribution >= 4 is 33.0 Å². The molecular weight excluding hydrogens is 240 g/mol. The number of rotatable bonds is 2. The maximum atomic E-state index is 10.6. The monoisotopic (exact) mass is 248 g/mol. The van der Waals surface area contributed by atoms with Gasteiger partial charge in [-0.15, -0.1) is 0 Å². The summed E-state index contributed by atoms with van der Waals surface area (Å²) >= 11 is 3.41. The van der Waals surface area contributed by atoms with E-state index in [0.29, 0.717) is 0 Å². The molecule has 2 aromatic carbocycles. The van der Waals surface area contributed by atoms with Crippen molar-refractivity contribution in [2.45, 2.75) is 5.33 Å². The number of hydrogen-bond donors (Lipinski definition) is 0. The number of carbonyl (C=O) groups excluding carboxylic acids is 1. The Balaban J connectivity index is 2.65. The summed E-state index contributed by atoms with van der Waals surface area (Å²) < 4.78 is 0. The Hall–Kier alpha value is -1.15. The van der Waals surface area contributed by atoms with E-state index in [9.17, 15) is 4.79 Å². The van der Waals surface area contributed by atoms with Gasteiger partial charge in [0.1, 0.15) is 6.29 Å². The Morgan fingerprint density at radius 2 is 1.86 bits per heavy atom. The van der Waals surface area contributed by atoms with Crippen LogP contribution in [0.5, 0.6) is 0 Å². The molecule has 0 atom stereocenters. The molecule has 0 N–H and O–H groups in total. The minimum atomic E-state index is 0.726. The molecule has 0 unspecified atom stereocenters. The van der Waals surface area contributed by atoms with Crippen molar-refractivity contribution in [2.75, 3.05) is 0 Å². The third-order valence-electron chi connectivity index (χ3n) is 2.22. The highest BCUT2D eigenvalue weighted by Gasteiger charge is 1.97. The number of alkyl halides is 1. The molecule has 0 saturated heterocycles. The molecule has 0 aromatic heterocycles. The Labute approximate surface area is 90.9 Å². The lowest BCUT2D eigenvalue weighted by atomic mass is 10.1. The molecule has 0 aliphatic rings. The Morgan fingerprint density at radius 3 is 2.57 bits per heavy atom. The predicted octanol–water partition coefficient (Wildman–Crippen LogP) is 3.55. The second-order valence-corrected chi connectivity index (χ2v) is 3.75.